The van der Waals surface area contributed by atoms with E-state index in [0.29, 0.717) is 0 Å². The van der Waals surface area contributed by atoms with Crippen molar-refractivity contribution in [2.45, 2.75) is 19.3 Å². The van der Waals surface area contributed by atoms with Crippen molar-refractivity contribution in [3.8, 4) is 44.5 Å². The predicted molar refractivity (Wildman–Crippen MR) is 353 cm³/mol. The van der Waals surface area contributed by atoms with E-state index in [-0.39, 0.29) is 5.41 Å². The van der Waals surface area contributed by atoms with Gasteiger partial charge in [-0.2, -0.15) is 0 Å². The summed E-state index contributed by atoms with van der Waals surface area (Å²) in [6.45, 7) is 4.79. The zero-order chi connectivity index (χ0) is 54.5. The van der Waals surface area contributed by atoms with Crippen LogP contribution in [0.1, 0.15) is 25.0 Å². The first-order valence-corrected chi connectivity index (χ1v) is 29.2. The fourth-order valence-corrected chi connectivity index (χ4v) is 14.6. The third-order valence-electron chi connectivity index (χ3n) is 17.4. The fraction of sp³-hybridized carbons (Fsp3) is 0.0380. The van der Waals surface area contributed by atoms with Crippen LogP contribution in [0.25, 0.3) is 108 Å². The highest BCUT2D eigenvalue weighted by molar-refractivity contribution is 7.26. The average molecular weight is 1060 g/mol. The molecule has 2 nitrogen and oxygen atoms in total. The topological polar surface area (TPSA) is 6.48 Å². The normalized spacial score (nSPS) is 12.6. The maximum absolute atomic E-state index is 2.45. The molecule has 0 atom stereocenters. The molecule has 0 unspecified atom stereocenters. The van der Waals surface area contributed by atoms with Gasteiger partial charge in [0, 0.05) is 59.4 Å². The zero-order valence-corrected chi connectivity index (χ0v) is 46.3. The molecule has 1 aliphatic rings. The van der Waals surface area contributed by atoms with Gasteiger partial charge >= 0.3 is 0 Å². The number of fused-ring (bicyclic) bond motifs is 13. The van der Waals surface area contributed by atoms with Crippen molar-refractivity contribution >= 4 is 109 Å². The third kappa shape index (κ3) is 7.76. The Labute approximate surface area is 481 Å². The number of nitrogens with zero attached hydrogens (tertiary/aromatic N) is 2. The second-order valence-corrected chi connectivity index (χ2v) is 23.4. The molecule has 0 spiro atoms. The molecular formula is C79H54N2S. The Morgan fingerprint density at radius 3 is 1.35 bits per heavy atom. The Balaban J connectivity index is 0.780. The highest BCUT2D eigenvalue weighted by Gasteiger charge is 2.37. The van der Waals surface area contributed by atoms with E-state index in [1.807, 2.05) is 11.3 Å². The largest absolute Gasteiger partial charge is 0.310 e. The van der Waals surface area contributed by atoms with Crippen LogP contribution in [0.5, 0.6) is 0 Å². The Hall–Kier alpha value is -10.1. The van der Waals surface area contributed by atoms with Crippen molar-refractivity contribution in [2.75, 3.05) is 9.80 Å². The molecule has 0 bridgehead atoms. The van der Waals surface area contributed by atoms with Crippen molar-refractivity contribution in [3.05, 3.63) is 302 Å². The molecule has 386 valence electrons. The molecule has 0 radical (unpaired) electrons. The molecule has 0 saturated heterocycles. The maximum atomic E-state index is 2.45. The number of anilines is 6. The summed E-state index contributed by atoms with van der Waals surface area (Å²) in [6.07, 6.45) is 0. The molecule has 0 fully saturated rings. The summed E-state index contributed by atoms with van der Waals surface area (Å²) >= 11 is 1.88. The van der Waals surface area contributed by atoms with Gasteiger partial charge < -0.3 is 9.80 Å². The van der Waals surface area contributed by atoms with Gasteiger partial charge in [0.2, 0.25) is 0 Å². The SMILES string of the molecule is CC1(C)c2cc(N(c3ccc(-c4ccc(-c5cccc6c5sc5ccccc56)cc4)cc3)c3ccc(-c4ccc5c6ccccc6c6ccccc6c5c4)cc3)ccc2-c2ccc(N(c3ccccc3)c3cccc4ccccc34)cc21. The molecule has 82 heavy (non-hydrogen) atoms. The van der Waals surface area contributed by atoms with E-state index < -0.39 is 0 Å². The van der Waals surface area contributed by atoms with Crippen LogP contribution in [0.4, 0.5) is 34.1 Å². The van der Waals surface area contributed by atoms with Gasteiger partial charge in [-0.1, -0.05) is 226 Å². The van der Waals surface area contributed by atoms with Gasteiger partial charge in [-0.15, -0.1) is 11.3 Å². The van der Waals surface area contributed by atoms with E-state index in [1.54, 1.807) is 0 Å². The van der Waals surface area contributed by atoms with Gasteiger partial charge in [0.05, 0.1) is 5.69 Å². The molecule has 1 aliphatic carbocycles. The molecule has 0 saturated carbocycles. The van der Waals surface area contributed by atoms with E-state index >= 15 is 0 Å². The van der Waals surface area contributed by atoms with E-state index in [9.17, 15) is 0 Å². The second-order valence-electron chi connectivity index (χ2n) is 22.4. The van der Waals surface area contributed by atoms with Crippen LogP contribution in [0.2, 0.25) is 0 Å². The van der Waals surface area contributed by atoms with E-state index in [4.69, 9.17) is 0 Å². The standard InChI is InChI=1S/C79H54N2S/c1-79(2)74-49-60(43-46-69(74)70-47-44-61(50-75(70)79)81(57-18-4-3-5-19-57)76-28-14-17-54-16-6-7-20-62(54)76)80(59-41-36-53(37-42-59)56-38-45-68-66-23-9-8-21-64(66)65-22-10-11-24-67(65)73(68)48-56)58-39-34-52(35-40-58)51-30-32-55(33-31-51)63-26-15-27-72-71-25-12-13-29-77(71)82-78(63)72/h3-50H,1-2H3. The molecule has 0 amide bonds. The summed E-state index contributed by atoms with van der Waals surface area (Å²) in [7, 11) is 0. The summed E-state index contributed by atoms with van der Waals surface area (Å²) in [6, 6.07) is 108. The van der Waals surface area contributed by atoms with Crippen LogP contribution < -0.4 is 9.80 Å². The van der Waals surface area contributed by atoms with Crippen molar-refractivity contribution in [2.24, 2.45) is 0 Å². The summed E-state index contributed by atoms with van der Waals surface area (Å²) < 4.78 is 2.66. The van der Waals surface area contributed by atoms with Gasteiger partial charge in [-0.05, 0) is 172 Å². The van der Waals surface area contributed by atoms with Crippen LogP contribution in [-0.2, 0) is 5.41 Å². The Kier molecular flexibility index (Phi) is 11.1. The number of hydrogen-bond donors (Lipinski definition) is 0. The number of para-hydroxylation sites is 1. The first-order valence-electron chi connectivity index (χ1n) is 28.4. The van der Waals surface area contributed by atoms with Crippen molar-refractivity contribution < 1.29 is 0 Å². The minimum Gasteiger partial charge on any atom is -0.310 e. The first kappa shape index (κ1) is 47.9. The number of hydrogen-bond acceptors (Lipinski definition) is 3. The van der Waals surface area contributed by atoms with Crippen molar-refractivity contribution in [1.82, 2.24) is 0 Å². The lowest BCUT2D eigenvalue weighted by atomic mass is 9.82. The molecule has 1 heterocycles. The molecule has 14 aromatic carbocycles. The monoisotopic (exact) mass is 1060 g/mol. The number of benzene rings is 14. The minimum absolute atomic E-state index is 0.294. The van der Waals surface area contributed by atoms with Crippen molar-refractivity contribution in [1.29, 1.82) is 0 Å². The molecule has 1 aromatic heterocycles. The van der Waals surface area contributed by atoms with Crippen LogP contribution in [-0.4, -0.2) is 0 Å². The average Bonchev–Trinajstić information content (AvgIpc) is 4.15. The van der Waals surface area contributed by atoms with Crippen LogP contribution in [0.3, 0.4) is 0 Å². The zero-order valence-electron chi connectivity index (χ0n) is 45.5. The highest BCUT2D eigenvalue weighted by Crippen LogP contribution is 2.53. The molecule has 15 aromatic rings. The smallest absolute Gasteiger partial charge is 0.0540 e. The Morgan fingerprint density at radius 1 is 0.268 bits per heavy atom. The van der Waals surface area contributed by atoms with E-state index in [2.05, 4.69) is 315 Å². The van der Waals surface area contributed by atoms with Crippen LogP contribution in [0, 0.1) is 0 Å². The summed E-state index contributed by atoms with van der Waals surface area (Å²) in [5.41, 5.74) is 18.9. The van der Waals surface area contributed by atoms with Gasteiger partial charge in [0.1, 0.15) is 0 Å². The highest BCUT2D eigenvalue weighted by atomic mass is 32.1. The molecule has 0 aliphatic heterocycles. The second kappa shape index (κ2) is 19.1. The number of rotatable bonds is 9. The van der Waals surface area contributed by atoms with Gasteiger partial charge in [0.15, 0.2) is 0 Å². The fourth-order valence-electron chi connectivity index (χ4n) is 13.4. The lowest BCUT2D eigenvalue weighted by Gasteiger charge is -2.29. The minimum atomic E-state index is -0.294. The summed E-state index contributed by atoms with van der Waals surface area (Å²) in [5.74, 6) is 0. The van der Waals surface area contributed by atoms with E-state index in [0.717, 1.165) is 34.1 Å². The van der Waals surface area contributed by atoms with Gasteiger partial charge in [-0.25, -0.2) is 0 Å². The quantitative estimate of drug-likeness (QED) is 0.133. The van der Waals surface area contributed by atoms with Crippen LogP contribution in [0.15, 0.2) is 291 Å². The van der Waals surface area contributed by atoms with Crippen LogP contribution >= 0.6 is 11.3 Å². The van der Waals surface area contributed by atoms with Gasteiger partial charge in [-0.3, -0.25) is 0 Å². The third-order valence-corrected chi connectivity index (χ3v) is 18.7. The first-order chi connectivity index (χ1) is 40.4. The lowest BCUT2D eigenvalue weighted by Crippen LogP contribution is -2.17. The molecule has 0 N–H and O–H groups in total. The van der Waals surface area contributed by atoms with Gasteiger partial charge in [0.25, 0.3) is 0 Å². The van der Waals surface area contributed by atoms with Crippen molar-refractivity contribution in [3.63, 3.8) is 0 Å². The number of thiophene rings is 1. The molecule has 3 heteroatoms. The summed E-state index contributed by atoms with van der Waals surface area (Å²) in [5, 5.41) is 12.8. The molecular weight excluding hydrogens is 1010 g/mol. The Morgan fingerprint density at radius 2 is 0.707 bits per heavy atom. The lowest BCUT2D eigenvalue weighted by molar-refractivity contribution is 0.660. The van der Waals surface area contributed by atoms with E-state index in [1.165, 1.54) is 119 Å². The summed E-state index contributed by atoms with van der Waals surface area (Å²) in [4.78, 5) is 4.86. The maximum Gasteiger partial charge on any atom is 0.0540 e. The Bertz CT molecular complexity index is 4960. The molecule has 16 rings (SSSR count). The predicted octanol–water partition coefficient (Wildman–Crippen LogP) is 22.9.